The van der Waals surface area contributed by atoms with E-state index in [2.05, 4.69) is 164 Å². The van der Waals surface area contributed by atoms with Gasteiger partial charge in [0.15, 0.2) is 16.6 Å². The number of aliphatic hydroxyl groups excluding tert-OH is 1. The van der Waals surface area contributed by atoms with Crippen molar-refractivity contribution in [2.24, 2.45) is 0 Å². The van der Waals surface area contributed by atoms with Crippen LogP contribution in [0.15, 0.2) is 114 Å². The molecule has 2 aliphatic rings. The number of carbonyl (C=O) groups excluding carboxylic acids is 2. The third-order valence-electron chi connectivity index (χ3n) is 13.1. The highest BCUT2D eigenvalue weighted by Crippen LogP contribution is 2.46. The Labute approximate surface area is 382 Å². The number of piperidine rings is 2. The molecule has 0 radical (unpaired) electrons. The summed E-state index contributed by atoms with van der Waals surface area (Å²) < 4.78 is 24.1. The second kappa shape index (κ2) is 21.4. The Hall–Kier alpha value is -3.85. The van der Waals surface area contributed by atoms with Crippen LogP contribution >= 0.6 is 0 Å². The minimum Gasteiger partial charge on any atom is -0.462 e. The number of ether oxygens (including phenoxy) is 2. The zero-order valence-corrected chi connectivity index (χ0v) is 42.9. The number of likely N-dealkylation sites (tertiary alicyclic amines) is 2. The molecular formula is C52H78N2O7Si2. The Balaban J connectivity index is 0.000000290. The summed E-state index contributed by atoms with van der Waals surface area (Å²) in [6.45, 7) is 32.3. The fourth-order valence-electron chi connectivity index (χ4n) is 7.68. The van der Waals surface area contributed by atoms with Crippen molar-refractivity contribution in [1.29, 1.82) is 0 Å². The molecular weight excluding hydrogens is 821 g/mol. The number of benzene rings is 3. The van der Waals surface area contributed by atoms with E-state index in [0.29, 0.717) is 19.5 Å². The molecule has 0 aromatic heterocycles. The van der Waals surface area contributed by atoms with Crippen LogP contribution in [0.25, 0.3) is 0 Å². The lowest BCUT2D eigenvalue weighted by atomic mass is 9.74. The van der Waals surface area contributed by atoms with Gasteiger partial charge in [0.2, 0.25) is 0 Å². The lowest BCUT2D eigenvalue weighted by Gasteiger charge is -2.50. The van der Waals surface area contributed by atoms with E-state index in [1.54, 1.807) is 4.90 Å². The van der Waals surface area contributed by atoms with Crippen LogP contribution in [-0.2, 0) is 28.7 Å². The van der Waals surface area contributed by atoms with E-state index < -0.39 is 27.8 Å². The topological polar surface area (TPSA) is 97.8 Å². The lowest BCUT2D eigenvalue weighted by Crippen LogP contribution is -2.55. The van der Waals surface area contributed by atoms with E-state index in [9.17, 15) is 14.7 Å². The maximum Gasteiger partial charge on any atom is 0.410 e. The Morgan fingerprint density at radius 2 is 1.06 bits per heavy atom. The van der Waals surface area contributed by atoms with E-state index >= 15 is 0 Å². The number of aliphatic hydroxyl groups is 1. The molecule has 2 fully saturated rings. The standard InChI is InChI=1S/C32H41NO2Si.C20H37NO5Si/c1-31(2,3)36(4,5)35-30-21-23-33(25-26(30)22-24-34)32(27-15-9-6-10-16-27,28-17-11-7-12-18-28)29-19-13-8-14-20-29;1-15(22)24-13-11-16-14-21(18(23)25-19(2,3)4)12-10-17(16)26-27(8,9)20(5,6)7/h6-20,22,30,34H,21,23-25H2,1-5H3;11,17H,10,12-14H2,1-9H3/b26-22+;16-11+. The van der Waals surface area contributed by atoms with E-state index in [0.717, 1.165) is 25.1 Å². The fourth-order valence-corrected chi connectivity index (χ4v) is 10.4. The molecule has 11 heteroatoms. The van der Waals surface area contributed by atoms with E-state index in [1.807, 2.05) is 32.9 Å². The van der Waals surface area contributed by atoms with Gasteiger partial charge in [-0.25, -0.2) is 4.79 Å². The highest BCUT2D eigenvalue weighted by molar-refractivity contribution is 6.74. The molecule has 5 rings (SSSR count). The van der Waals surface area contributed by atoms with Crippen molar-refractivity contribution < 1.29 is 33.0 Å². The summed E-state index contributed by atoms with van der Waals surface area (Å²) in [5.41, 5.74) is 4.89. The Bertz CT molecular complexity index is 1880. The minimum absolute atomic E-state index is 0.0234. The summed E-state index contributed by atoms with van der Waals surface area (Å²) in [4.78, 5) is 27.8. The smallest absolute Gasteiger partial charge is 0.410 e. The number of nitrogens with zero attached hydrogens (tertiary/aromatic N) is 2. The minimum atomic E-state index is -1.97. The summed E-state index contributed by atoms with van der Waals surface area (Å²) in [5.74, 6) is -0.325. The van der Waals surface area contributed by atoms with Crippen LogP contribution in [0.2, 0.25) is 36.3 Å². The number of hydrogen-bond donors (Lipinski definition) is 1. The Morgan fingerprint density at radius 3 is 1.44 bits per heavy atom. The van der Waals surface area contributed by atoms with Crippen molar-refractivity contribution in [3.8, 4) is 0 Å². The average Bonchev–Trinajstić information content (AvgIpc) is 3.19. The molecule has 2 atom stereocenters. The average molecular weight is 899 g/mol. The second-order valence-electron chi connectivity index (χ2n) is 21.0. The third-order valence-corrected chi connectivity index (χ3v) is 22.0. The van der Waals surface area contributed by atoms with Gasteiger partial charge in [0.1, 0.15) is 12.2 Å². The van der Waals surface area contributed by atoms with E-state index in [-0.39, 0.29) is 47.6 Å². The monoisotopic (exact) mass is 899 g/mol. The summed E-state index contributed by atoms with van der Waals surface area (Å²) in [5, 5.41) is 10.2. The molecule has 3 aromatic rings. The molecule has 1 amide bonds. The molecule has 1 N–H and O–H groups in total. The van der Waals surface area contributed by atoms with Gasteiger partial charge in [-0.1, -0.05) is 139 Å². The van der Waals surface area contributed by atoms with Crippen LogP contribution in [0.4, 0.5) is 4.79 Å². The predicted octanol–water partition coefficient (Wildman–Crippen LogP) is 11.5. The first-order chi connectivity index (χ1) is 29.3. The molecule has 2 heterocycles. The maximum absolute atomic E-state index is 12.5. The van der Waals surface area contributed by atoms with Crippen molar-refractivity contribution in [3.05, 3.63) is 131 Å². The van der Waals surface area contributed by atoms with Crippen LogP contribution in [0.3, 0.4) is 0 Å². The van der Waals surface area contributed by atoms with Crippen molar-refractivity contribution in [1.82, 2.24) is 9.80 Å². The van der Waals surface area contributed by atoms with Crippen molar-refractivity contribution >= 4 is 28.7 Å². The zero-order chi connectivity index (χ0) is 46.9. The van der Waals surface area contributed by atoms with Gasteiger partial charge in [0.25, 0.3) is 0 Å². The largest absolute Gasteiger partial charge is 0.462 e. The maximum atomic E-state index is 12.5. The first kappa shape index (κ1) is 51.8. The molecule has 0 aliphatic carbocycles. The van der Waals surface area contributed by atoms with Crippen LogP contribution in [0, 0.1) is 0 Å². The number of rotatable bonds is 11. The molecule has 2 saturated heterocycles. The summed E-state index contributed by atoms with van der Waals surface area (Å²) >= 11 is 0. The van der Waals surface area contributed by atoms with Crippen molar-refractivity contribution in [2.45, 2.75) is 142 Å². The molecule has 3 aromatic carbocycles. The van der Waals surface area contributed by atoms with Gasteiger partial charge < -0.3 is 28.3 Å². The van der Waals surface area contributed by atoms with Gasteiger partial charge in [-0.05, 0) is 104 Å². The van der Waals surface area contributed by atoms with Gasteiger partial charge in [0.05, 0.1) is 24.4 Å². The third kappa shape index (κ3) is 13.6. The summed E-state index contributed by atoms with van der Waals surface area (Å²) in [7, 11) is -3.93. The molecule has 346 valence electrons. The molecule has 2 unspecified atom stereocenters. The normalized spacial score (nSPS) is 19.6. The van der Waals surface area contributed by atoms with Crippen molar-refractivity contribution in [3.63, 3.8) is 0 Å². The van der Waals surface area contributed by atoms with Gasteiger partial charge in [-0.15, -0.1) is 0 Å². The zero-order valence-electron chi connectivity index (χ0n) is 40.9. The van der Waals surface area contributed by atoms with Gasteiger partial charge >= 0.3 is 12.1 Å². The molecule has 0 saturated carbocycles. The molecule has 9 nitrogen and oxygen atoms in total. The Morgan fingerprint density at radius 1 is 0.651 bits per heavy atom. The quantitative estimate of drug-likeness (QED) is 0.0880. The number of carbonyl (C=O) groups is 2. The second-order valence-corrected chi connectivity index (χ2v) is 30.5. The van der Waals surface area contributed by atoms with Gasteiger partial charge in [-0.2, -0.15) is 0 Å². The van der Waals surface area contributed by atoms with Crippen LogP contribution in [-0.4, -0.2) is 101 Å². The van der Waals surface area contributed by atoms with Crippen LogP contribution in [0.1, 0.15) is 98.8 Å². The number of amides is 1. The number of esters is 1. The highest BCUT2D eigenvalue weighted by atomic mass is 28.4. The summed E-state index contributed by atoms with van der Waals surface area (Å²) in [6.07, 6.45) is 5.09. The lowest BCUT2D eigenvalue weighted by molar-refractivity contribution is -0.139. The first-order valence-electron chi connectivity index (χ1n) is 22.7. The van der Waals surface area contributed by atoms with E-state index in [1.165, 1.54) is 29.2 Å². The highest BCUT2D eigenvalue weighted by Gasteiger charge is 2.47. The molecule has 0 spiro atoms. The van der Waals surface area contributed by atoms with Crippen LogP contribution in [0.5, 0.6) is 0 Å². The van der Waals surface area contributed by atoms with Crippen LogP contribution < -0.4 is 0 Å². The number of hydrogen-bond acceptors (Lipinski definition) is 8. The molecule has 63 heavy (non-hydrogen) atoms. The Kier molecular flexibility index (Phi) is 17.6. The first-order valence-corrected chi connectivity index (χ1v) is 28.5. The fraction of sp³-hybridized carbons (Fsp3) is 0.538. The predicted molar refractivity (Wildman–Crippen MR) is 262 cm³/mol. The SMILES string of the molecule is CC(=O)OC/C=C1\CN(C(=O)OC(C)(C)C)CCC1O[Si](C)(C)C(C)(C)C.CC(C)(C)[Si](C)(C)OC1CCN(C(c2ccccc2)(c2ccccc2)c2ccccc2)C/C1=C\CO. The summed E-state index contributed by atoms with van der Waals surface area (Å²) in [6, 6.07) is 32.5. The van der Waals surface area contributed by atoms with E-state index in [4.69, 9.17) is 18.3 Å². The van der Waals surface area contributed by atoms with Gasteiger partial charge in [0, 0.05) is 33.1 Å². The van der Waals surface area contributed by atoms with Crippen molar-refractivity contribution in [2.75, 3.05) is 39.4 Å². The molecule has 2 aliphatic heterocycles. The van der Waals surface area contributed by atoms with Gasteiger partial charge in [-0.3, -0.25) is 9.69 Å². The molecule has 0 bridgehead atoms.